The Morgan fingerprint density at radius 3 is 2.53 bits per heavy atom. The first-order chi connectivity index (χ1) is 16.5. The molecule has 2 heterocycles. The van der Waals surface area contributed by atoms with E-state index in [1.54, 1.807) is 61.7 Å². The molecular formula is C26H21N3O4S. The van der Waals surface area contributed by atoms with Gasteiger partial charge in [-0.1, -0.05) is 54.6 Å². The van der Waals surface area contributed by atoms with Gasteiger partial charge in [0.1, 0.15) is 22.3 Å². The van der Waals surface area contributed by atoms with Gasteiger partial charge in [0.2, 0.25) is 5.88 Å². The van der Waals surface area contributed by atoms with Crippen molar-refractivity contribution in [1.82, 2.24) is 0 Å². The third-order valence-corrected chi connectivity index (χ3v) is 7.83. The Balaban J connectivity index is 1.74. The molecule has 0 radical (unpaired) electrons. The normalized spacial score (nSPS) is 18.5. The number of ether oxygens (including phenoxy) is 2. The van der Waals surface area contributed by atoms with Gasteiger partial charge in [0.25, 0.3) is 10.0 Å². The lowest BCUT2D eigenvalue weighted by Gasteiger charge is -2.38. The Kier molecular flexibility index (Phi) is 5.27. The van der Waals surface area contributed by atoms with Gasteiger partial charge < -0.3 is 15.2 Å². The summed E-state index contributed by atoms with van der Waals surface area (Å²) >= 11 is 0. The van der Waals surface area contributed by atoms with E-state index in [0.29, 0.717) is 22.6 Å². The van der Waals surface area contributed by atoms with Crippen molar-refractivity contribution < 1.29 is 17.9 Å². The van der Waals surface area contributed by atoms with Crippen LogP contribution in [0.15, 0.2) is 95.2 Å². The van der Waals surface area contributed by atoms with Gasteiger partial charge in [-0.05, 0) is 35.4 Å². The number of methoxy groups -OCH3 is 1. The summed E-state index contributed by atoms with van der Waals surface area (Å²) in [5.41, 5.74) is 8.67. The second kappa shape index (κ2) is 8.28. The van der Waals surface area contributed by atoms with Crippen molar-refractivity contribution in [2.24, 2.45) is 5.73 Å². The van der Waals surface area contributed by atoms with Crippen LogP contribution in [-0.4, -0.2) is 15.5 Å². The van der Waals surface area contributed by atoms with Crippen molar-refractivity contribution in [2.45, 2.75) is 12.5 Å². The molecule has 34 heavy (non-hydrogen) atoms. The zero-order chi connectivity index (χ0) is 23.9. The van der Waals surface area contributed by atoms with Crippen LogP contribution in [0, 0.1) is 11.3 Å². The Bertz CT molecular complexity index is 1490. The van der Waals surface area contributed by atoms with E-state index in [2.05, 4.69) is 6.07 Å². The van der Waals surface area contributed by atoms with Crippen molar-refractivity contribution in [1.29, 1.82) is 5.26 Å². The van der Waals surface area contributed by atoms with Crippen molar-refractivity contribution in [3.8, 4) is 11.8 Å². The van der Waals surface area contributed by atoms with Gasteiger partial charge in [0.15, 0.2) is 5.76 Å². The number of hydrogen-bond acceptors (Lipinski definition) is 6. The van der Waals surface area contributed by atoms with Gasteiger partial charge in [-0.25, -0.2) is 8.42 Å². The van der Waals surface area contributed by atoms with Crippen LogP contribution in [0.2, 0.25) is 0 Å². The molecule has 0 fully saturated rings. The molecule has 0 spiro atoms. The van der Waals surface area contributed by atoms with E-state index >= 15 is 0 Å². The zero-order valence-corrected chi connectivity index (χ0v) is 19.1. The van der Waals surface area contributed by atoms with Crippen LogP contribution in [0.4, 0.5) is 5.69 Å². The number of sulfonamides is 1. The van der Waals surface area contributed by atoms with Crippen molar-refractivity contribution in [3.63, 3.8) is 0 Å². The fourth-order valence-electron chi connectivity index (χ4n) is 4.39. The molecule has 8 heteroatoms. The molecule has 0 saturated heterocycles. The van der Waals surface area contributed by atoms with Gasteiger partial charge in [-0.2, -0.15) is 5.26 Å². The third kappa shape index (κ3) is 3.38. The summed E-state index contributed by atoms with van der Waals surface area (Å²) in [7, 11) is -2.55. The molecule has 3 aromatic rings. The number of nitrogens with zero attached hydrogens (tertiary/aromatic N) is 2. The van der Waals surface area contributed by atoms with Crippen LogP contribution in [0.5, 0.6) is 5.75 Å². The number of anilines is 1. The predicted molar refractivity (Wildman–Crippen MR) is 129 cm³/mol. The summed E-state index contributed by atoms with van der Waals surface area (Å²) in [6, 6.07) is 25.4. The lowest BCUT2D eigenvalue weighted by molar-refractivity contribution is 0.357. The molecule has 3 aromatic carbocycles. The molecular weight excluding hydrogens is 450 g/mol. The second-order valence-corrected chi connectivity index (χ2v) is 9.74. The number of benzene rings is 3. The maximum absolute atomic E-state index is 14.2. The minimum atomic E-state index is -4.11. The van der Waals surface area contributed by atoms with Gasteiger partial charge in [-0.15, -0.1) is 0 Å². The third-order valence-electron chi connectivity index (χ3n) is 5.95. The largest absolute Gasteiger partial charge is 0.497 e. The Morgan fingerprint density at radius 2 is 1.79 bits per heavy atom. The number of allylic oxidation sites excluding steroid dienone is 2. The van der Waals surface area contributed by atoms with Crippen LogP contribution in [0.3, 0.4) is 0 Å². The second-order valence-electron chi connectivity index (χ2n) is 7.91. The molecule has 1 atom stereocenters. The van der Waals surface area contributed by atoms with E-state index < -0.39 is 15.9 Å². The predicted octanol–water partition coefficient (Wildman–Crippen LogP) is 4.22. The molecule has 0 bridgehead atoms. The first kappa shape index (κ1) is 21.6. The monoisotopic (exact) mass is 471 g/mol. The average Bonchev–Trinajstić information content (AvgIpc) is 2.86. The lowest BCUT2D eigenvalue weighted by atomic mass is 9.88. The standard InChI is InChI=1S/C26H21N3O4S/c1-32-19-11-7-8-17(14-19)16-29-22-13-6-5-12-20(22)24-25(34(29,30)31)23(18-9-3-2-4-10-18)21(15-27)26(28)33-24/h2-14,23H,16,28H2,1H3. The minimum absolute atomic E-state index is 0.00560. The Morgan fingerprint density at radius 1 is 1.06 bits per heavy atom. The summed E-state index contributed by atoms with van der Waals surface area (Å²) in [6.07, 6.45) is 0. The molecule has 2 aliphatic rings. The van der Waals surface area contributed by atoms with E-state index in [1.165, 1.54) is 4.31 Å². The first-order valence-corrected chi connectivity index (χ1v) is 12.0. The maximum Gasteiger partial charge on any atom is 0.265 e. The summed E-state index contributed by atoms with van der Waals surface area (Å²) in [4.78, 5) is 0.00560. The first-order valence-electron chi connectivity index (χ1n) is 10.6. The smallest absolute Gasteiger partial charge is 0.265 e. The summed E-state index contributed by atoms with van der Waals surface area (Å²) in [5, 5.41) is 9.89. The maximum atomic E-state index is 14.2. The molecule has 1 unspecified atom stereocenters. The van der Waals surface area contributed by atoms with E-state index in [9.17, 15) is 13.7 Å². The number of hydrogen-bond donors (Lipinski definition) is 1. The van der Waals surface area contributed by atoms with Crippen LogP contribution in [0.1, 0.15) is 22.6 Å². The molecule has 0 amide bonds. The minimum Gasteiger partial charge on any atom is -0.497 e. The topological polar surface area (TPSA) is 106 Å². The zero-order valence-electron chi connectivity index (χ0n) is 18.3. The lowest BCUT2D eigenvalue weighted by Crippen LogP contribution is -2.39. The van der Waals surface area contributed by atoms with Gasteiger partial charge in [0.05, 0.1) is 25.3 Å². The molecule has 5 rings (SSSR count). The van der Waals surface area contributed by atoms with Crippen molar-refractivity contribution >= 4 is 21.5 Å². The quantitative estimate of drug-likeness (QED) is 0.611. The number of nitrogens with two attached hydrogens (primary N) is 1. The highest BCUT2D eigenvalue weighted by Crippen LogP contribution is 2.51. The fraction of sp³-hybridized carbons (Fsp3) is 0.115. The number of fused-ring (bicyclic) bond motifs is 2. The number of nitriles is 1. The summed E-state index contributed by atoms with van der Waals surface area (Å²) in [6.45, 7) is 0.0793. The molecule has 0 aromatic heterocycles. The molecule has 170 valence electrons. The van der Waals surface area contributed by atoms with Crippen LogP contribution >= 0.6 is 0 Å². The molecule has 2 aliphatic heterocycles. The van der Waals surface area contributed by atoms with Crippen LogP contribution in [0.25, 0.3) is 5.76 Å². The fourth-order valence-corrected chi connectivity index (χ4v) is 6.31. The van der Waals surface area contributed by atoms with E-state index in [-0.39, 0.29) is 28.7 Å². The summed E-state index contributed by atoms with van der Waals surface area (Å²) < 4.78 is 40.9. The molecule has 7 nitrogen and oxygen atoms in total. The molecule has 2 N–H and O–H groups in total. The van der Waals surface area contributed by atoms with Gasteiger partial charge in [0, 0.05) is 5.56 Å². The molecule has 0 aliphatic carbocycles. The highest BCUT2D eigenvalue weighted by atomic mass is 32.2. The van der Waals surface area contributed by atoms with E-state index in [1.807, 2.05) is 24.3 Å². The molecule has 0 saturated carbocycles. The van der Waals surface area contributed by atoms with E-state index in [0.717, 1.165) is 5.56 Å². The highest BCUT2D eigenvalue weighted by molar-refractivity contribution is 7.96. The summed E-state index contributed by atoms with van der Waals surface area (Å²) in [5.74, 6) is -0.198. The average molecular weight is 472 g/mol. The number of para-hydroxylation sites is 1. The Labute approximate surface area is 198 Å². The van der Waals surface area contributed by atoms with Crippen molar-refractivity contribution in [2.75, 3.05) is 11.4 Å². The van der Waals surface area contributed by atoms with Crippen LogP contribution < -0.4 is 14.8 Å². The van der Waals surface area contributed by atoms with E-state index in [4.69, 9.17) is 15.2 Å². The highest BCUT2D eigenvalue weighted by Gasteiger charge is 2.47. The van der Waals surface area contributed by atoms with Gasteiger partial charge in [-0.3, -0.25) is 4.31 Å². The van der Waals surface area contributed by atoms with Gasteiger partial charge >= 0.3 is 0 Å². The van der Waals surface area contributed by atoms with Crippen molar-refractivity contribution in [3.05, 3.63) is 112 Å². The SMILES string of the molecule is COc1cccc(CN2c3ccccc3C3=C(C(c4ccccc4)C(C#N)=C(N)O3)S2(=O)=O)c1. The number of rotatable bonds is 4. The Hall–Kier alpha value is -4.22. The van der Waals surface area contributed by atoms with Crippen LogP contribution in [-0.2, 0) is 21.3 Å².